The van der Waals surface area contributed by atoms with Crippen LogP contribution in [0.15, 0.2) is 48.7 Å². The van der Waals surface area contributed by atoms with Gasteiger partial charge in [-0.3, -0.25) is 15.1 Å². The molecular weight excluding hydrogens is 421 g/mol. The summed E-state index contributed by atoms with van der Waals surface area (Å²) < 4.78 is 2.09. The summed E-state index contributed by atoms with van der Waals surface area (Å²) in [5.74, 6) is 1.33. The van der Waals surface area contributed by atoms with Crippen LogP contribution in [0.2, 0.25) is 0 Å². The molecule has 1 aliphatic heterocycles. The van der Waals surface area contributed by atoms with Gasteiger partial charge in [-0.25, -0.2) is 4.98 Å². The number of fused-ring (bicyclic) bond motifs is 1. The number of carbonyl (C=O) groups is 1. The lowest BCUT2D eigenvalue weighted by atomic mass is 9.93. The van der Waals surface area contributed by atoms with E-state index in [1.165, 1.54) is 0 Å². The normalized spacial score (nSPS) is 14.0. The summed E-state index contributed by atoms with van der Waals surface area (Å²) in [7, 11) is 0. The fourth-order valence-corrected chi connectivity index (χ4v) is 3.86. The molecule has 6 nitrogen and oxygen atoms in total. The Morgan fingerprint density at radius 2 is 1.87 bits per heavy atom. The van der Waals surface area contributed by atoms with Crippen LogP contribution in [0, 0.1) is 5.92 Å². The van der Waals surface area contributed by atoms with E-state index in [4.69, 9.17) is 0 Å². The number of hydrogen-bond donors (Lipinski definition) is 2. The van der Waals surface area contributed by atoms with Gasteiger partial charge in [-0.1, -0.05) is 18.2 Å². The lowest BCUT2D eigenvalue weighted by molar-refractivity contribution is -0.116. The Labute approximate surface area is 189 Å². The van der Waals surface area contributed by atoms with E-state index in [-0.39, 0.29) is 30.7 Å². The van der Waals surface area contributed by atoms with Gasteiger partial charge < -0.3 is 9.88 Å². The van der Waals surface area contributed by atoms with Gasteiger partial charge in [0.15, 0.2) is 0 Å². The number of piperidine rings is 1. The van der Waals surface area contributed by atoms with Gasteiger partial charge in [-0.2, -0.15) is 0 Å². The number of carbonyl (C=O) groups excluding carboxylic acids is 1. The Kier molecular flexibility index (Phi) is 9.56. The molecule has 1 aromatic carbocycles. The maximum Gasteiger partial charge on any atom is 0.226 e. The van der Waals surface area contributed by atoms with Crippen LogP contribution in [0.4, 0.5) is 5.95 Å². The SMILES string of the molecule is Cl.Cl.O=C(CCC1CCNCC1)Nc1nc2ccccc2n1CCc1ccccn1. The third kappa shape index (κ3) is 6.17. The number of rotatable bonds is 7. The summed E-state index contributed by atoms with van der Waals surface area (Å²) >= 11 is 0. The topological polar surface area (TPSA) is 71.8 Å². The lowest BCUT2D eigenvalue weighted by Crippen LogP contribution is -2.28. The molecule has 1 saturated heterocycles. The first-order valence-corrected chi connectivity index (χ1v) is 10.2. The van der Waals surface area contributed by atoms with E-state index in [0.717, 1.165) is 62.0 Å². The van der Waals surface area contributed by atoms with E-state index >= 15 is 0 Å². The average Bonchev–Trinajstić information content (AvgIpc) is 3.09. The van der Waals surface area contributed by atoms with Crippen molar-refractivity contribution in [3.05, 3.63) is 54.4 Å². The number of aromatic nitrogens is 3. The lowest BCUT2D eigenvalue weighted by Gasteiger charge is -2.22. The summed E-state index contributed by atoms with van der Waals surface area (Å²) in [5.41, 5.74) is 2.97. The quantitative estimate of drug-likeness (QED) is 0.565. The molecule has 0 radical (unpaired) electrons. The van der Waals surface area contributed by atoms with Crippen molar-refractivity contribution in [3.8, 4) is 0 Å². The Morgan fingerprint density at radius 3 is 2.63 bits per heavy atom. The molecule has 0 unspecified atom stereocenters. The first kappa shape index (κ1) is 24.1. The van der Waals surface area contributed by atoms with E-state index in [2.05, 4.69) is 25.2 Å². The summed E-state index contributed by atoms with van der Waals surface area (Å²) in [6.45, 7) is 2.85. The number of halogens is 2. The fraction of sp³-hybridized carbons (Fsp3) is 0.409. The molecule has 0 aliphatic carbocycles. The minimum absolute atomic E-state index is 0. The minimum atomic E-state index is 0. The van der Waals surface area contributed by atoms with Crippen LogP contribution in [-0.2, 0) is 17.8 Å². The molecule has 2 aromatic heterocycles. The Morgan fingerprint density at radius 1 is 1.10 bits per heavy atom. The van der Waals surface area contributed by atoms with Crippen molar-refractivity contribution in [1.82, 2.24) is 19.9 Å². The summed E-state index contributed by atoms with van der Waals surface area (Å²) in [4.78, 5) is 21.6. The number of hydrogen-bond acceptors (Lipinski definition) is 4. The molecule has 0 atom stereocenters. The van der Waals surface area contributed by atoms with Crippen LogP contribution in [0.5, 0.6) is 0 Å². The molecule has 0 saturated carbocycles. The van der Waals surface area contributed by atoms with Crippen LogP contribution >= 0.6 is 24.8 Å². The van der Waals surface area contributed by atoms with Crippen LogP contribution in [0.3, 0.4) is 0 Å². The zero-order chi connectivity index (χ0) is 19.2. The summed E-state index contributed by atoms with van der Waals surface area (Å²) in [6, 6.07) is 14.0. The minimum Gasteiger partial charge on any atom is -0.317 e. The number of benzene rings is 1. The molecule has 1 fully saturated rings. The summed E-state index contributed by atoms with van der Waals surface area (Å²) in [6.07, 6.45) is 6.42. The van der Waals surface area contributed by atoms with Crippen LogP contribution in [0.1, 0.15) is 31.4 Å². The molecule has 162 valence electrons. The van der Waals surface area contributed by atoms with Gasteiger partial charge in [0.05, 0.1) is 11.0 Å². The van der Waals surface area contributed by atoms with E-state index in [1.54, 1.807) is 0 Å². The number of nitrogens with one attached hydrogen (secondary N) is 2. The molecule has 0 bridgehead atoms. The van der Waals surface area contributed by atoms with Crippen LogP contribution < -0.4 is 10.6 Å². The zero-order valence-electron chi connectivity index (χ0n) is 16.9. The third-order valence-corrected chi connectivity index (χ3v) is 5.46. The highest BCUT2D eigenvalue weighted by Crippen LogP contribution is 2.22. The average molecular weight is 450 g/mol. The predicted octanol–water partition coefficient (Wildman–Crippen LogP) is 4.24. The number of imidazole rings is 1. The maximum absolute atomic E-state index is 12.6. The smallest absolute Gasteiger partial charge is 0.226 e. The summed E-state index contributed by atoms with van der Waals surface area (Å²) in [5, 5.41) is 6.43. The standard InChI is InChI=1S/C22H27N5O.2ClH/c28-21(9-8-17-10-14-23-15-11-17)26-22-25-19-6-1-2-7-20(19)27(22)16-12-18-5-3-4-13-24-18;;/h1-7,13,17,23H,8-12,14-16H2,(H,25,26,28);2*1H. The first-order chi connectivity index (χ1) is 13.8. The fourth-order valence-electron chi connectivity index (χ4n) is 3.86. The highest BCUT2D eigenvalue weighted by Gasteiger charge is 2.17. The Bertz CT molecular complexity index is 926. The molecule has 4 rings (SSSR count). The molecule has 30 heavy (non-hydrogen) atoms. The van der Waals surface area contributed by atoms with Crippen molar-refractivity contribution in [2.75, 3.05) is 18.4 Å². The number of anilines is 1. The molecule has 1 amide bonds. The molecule has 3 heterocycles. The second kappa shape index (κ2) is 11.9. The third-order valence-electron chi connectivity index (χ3n) is 5.46. The van der Waals surface area contributed by atoms with Crippen molar-refractivity contribution < 1.29 is 4.79 Å². The number of nitrogens with zero attached hydrogens (tertiary/aromatic N) is 3. The van der Waals surface area contributed by atoms with E-state index in [9.17, 15) is 4.79 Å². The highest BCUT2D eigenvalue weighted by atomic mass is 35.5. The van der Waals surface area contributed by atoms with Crippen molar-refractivity contribution in [2.45, 2.75) is 38.6 Å². The first-order valence-electron chi connectivity index (χ1n) is 10.2. The molecule has 8 heteroatoms. The van der Waals surface area contributed by atoms with Crippen molar-refractivity contribution >= 4 is 47.7 Å². The van der Waals surface area contributed by atoms with Gasteiger partial charge in [0, 0.05) is 31.3 Å². The van der Waals surface area contributed by atoms with Gasteiger partial charge in [-0.15, -0.1) is 24.8 Å². The van der Waals surface area contributed by atoms with Crippen molar-refractivity contribution in [2.24, 2.45) is 5.92 Å². The van der Waals surface area contributed by atoms with Gasteiger partial charge >= 0.3 is 0 Å². The van der Waals surface area contributed by atoms with Gasteiger partial charge in [-0.05, 0) is 62.5 Å². The highest BCUT2D eigenvalue weighted by molar-refractivity contribution is 5.91. The predicted molar refractivity (Wildman–Crippen MR) is 126 cm³/mol. The van der Waals surface area contributed by atoms with Crippen molar-refractivity contribution in [1.29, 1.82) is 0 Å². The zero-order valence-corrected chi connectivity index (χ0v) is 18.6. The van der Waals surface area contributed by atoms with Crippen LogP contribution in [-0.4, -0.2) is 33.5 Å². The van der Waals surface area contributed by atoms with Crippen LogP contribution in [0.25, 0.3) is 11.0 Å². The largest absolute Gasteiger partial charge is 0.317 e. The maximum atomic E-state index is 12.6. The van der Waals surface area contributed by atoms with E-state index < -0.39 is 0 Å². The molecular formula is C22H29Cl2N5O. The second-order valence-corrected chi connectivity index (χ2v) is 7.43. The number of amides is 1. The number of para-hydroxylation sites is 2. The van der Waals surface area contributed by atoms with Gasteiger partial charge in [0.2, 0.25) is 11.9 Å². The molecule has 0 spiro atoms. The number of pyridine rings is 1. The molecule has 2 N–H and O–H groups in total. The number of aryl methyl sites for hydroxylation is 2. The van der Waals surface area contributed by atoms with Gasteiger partial charge in [0.1, 0.15) is 0 Å². The van der Waals surface area contributed by atoms with E-state index in [0.29, 0.717) is 18.3 Å². The monoisotopic (exact) mass is 449 g/mol. The molecule has 3 aromatic rings. The van der Waals surface area contributed by atoms with E-state index in [1.807, 2.05) is 48.7 Å². The molecule has 1 aliphatic rings. The van der Waals surface area contributed by atoms with Gasteiger partial charge in [0.25, 0.3) is 0 Å². The Balaban J connectivity index is 0.00000160. The van der Waals surface area contributed by atoms with Crippen molar-refractivity contribution in [3.63, 3.8) is 0 Å². The second-order valence-electron chi connectivity index (χ2n) is 7.43. The Hall–Kier alpha value is -2.15.